The topological polar surface area (TPSA) is 89.4 Å². The minimum Gasteiger partial charge on any atom is -0.394 e. The fourth-order valence-corrected chi connectivity index (χ4v) is 2.80. The van der Waals surface area contributed by atoms with Crippen LogP contribution in [0.15, 0.2) is 27.8 Å². The van der Waals surface area contributed by atoms with Crippen LogP contribution in [0.5, 0.6) is 0 Å². The van der Waals surface area contributed by atoms with Gasteiger partial charge in [-0.1, -0.05) is 12.1 Å². The zero-order valence-electron chi connectivity index (χ0n) is 11.2. The molecule has 4 N–H and O–H groups in total. The molecule has 0 spiro atoms. The van der Waals surface area contributed by atoms with E-state index in [4.69, 9.17) is 11.5 Å². The van der Waals surface area contributed by atoms with E-state index in [2.05, 4.69) is 6.07 Å². The predicted octanol–water partition coefficient (Wildman–Crippen LogP) is 0.798. The van der Waals surface area contributed by atoms with Gasteiger partial charge < -0.3 is 16.4 Å². The number of nitrogens with two attached hydrogens (primary N) is 2. The van der Waals surface area contributed by atoms with Crippen LogP contribution in [-0.2, 0) is 13.0 Å². The van der Waals surface area contributed by atoms with Crippen molar-refractivity contribution < 1.29 is 0 Å². The van der Waals surface area contributed by atoms with Gasteiger partial charge in [-0.3, -0.25) is 9.59 Å². The van der Waals surface area contributed by atoms with Crippen molar-refractivity contribution in [2.75, 3.05) is 17.2 Å². The summed E-state index contributed by atoms with van der Waals surface area (Å²) in [5.41, 5.74) is 13.9. The van der Waals surface area contributed by atoms with Gasteiger partial charge in [0, 0.05) is 18.8 Å². The molecule has 0 aliphatic carbocycles. The van der Waals surface area contributed by atoms with Gasteiger partial charge in [-0.2, -0.15) is 0 Å². The molecule has 0 atom stereocenters. The van der Waals surface area contributed by atoms with Crippen molar-refractivity contribution in [3.8, 4) is 0 Å². The number of hydrogen-bond donors (Lipinski definition) is 2. The quantitative estimate of drug-likeness (QED) is 0.788. The van der Waals surface area contributed by atoms with Gasteiger partial charge in [-0.05, 0) is 36.5 Å². The summed E-state index contributed by atoms with van der Waals surface area (Å²) in [6, 6.07) is 6.06. The van der Waals surface area contributed by atoms with Crippen LogP contribution in [0.4, 0.5) is 17.1 Å². The zero-order valence-corrected chi connectivity index (χ0v) is 11.2. The summed E-state index contributed by atoms with van der Waals surface area (Å²) in [5.74, 6) is 0. The summed E-state index contributed by atoms with van der Waals surface area (Å²) in [6.07, 6.45) is 2.98. The first-order valence-electron chi connectivity index (χ1n) is 6.81. The van der Waals surface area contributed by atoms with E-state index in [1.165, 1.54) is 5.56 Å². The van der Waals surface area contributed by atoms with Crippen LogP contribution in [0.2, 0.25) is 0 Å². The van der Waals surface area contributed by atoms with Crippen LogP contribution in [0.25, 0.3) is 0 Å². The van der Waals surface area contributed by atoms with E-state index in [-0.39, 0.29) is 5.69 Å². The maximum absolute atomic E-state index is 11.8. The molecule has 2 aromatic rings. The maximum Gasteiger partial charge on any atom is 0.253 e. The molecular formula is C15H17N3O2. The summed E-state index contributed by atoms with van der Waals surface area (Å²) in [5, 5.41) is 0. The molecule has 0 aromatic heterocycles. The summed E-state index contributed by atoms with van der Waals surface area (Å²) >= 11 is 0. The Morgan fingerprint density at radius 3 is 2.65 bits per heavy atom. The minimum absolute atomic E-state index is 0.0843. The molecular weight excluding hydrogens is 254 g/mol. The van der Waals surface area contributed by atoms with Crippen LogP contribution in [0.3, 0.4) is 0 Å². The predicted molar refractivity (Wildman–Crippen MR) is 80.0 cm³/mol. The SMILES string of the molecule is NCc1ccc2c(c1)N(c1c(N)c(=O)c1=O)CCCC2. The van der Waals surface area contributed by atoms with Crippen LogP contribution in [0.1, 0.15) is 24.0 Å². The molecule has 2 aromatic carbocycles. The van der Waals surface area contributed by atoms with E-state index in [0.717, 1.165) is 30.5 Å². The van der Waals surface area contributed by atoms with Crippen molar-refractivity contribution in [3.63, 3.8) is 0 Å². The van der Waals surface area contributed by atoms with Gasteiger partial charge in [0.2, 0.25) is 0 Å². The third-order valence-electron chi connectivity index (χ3n) is 3.95. The Kier molecular flexibility index (Phi) is 3.06. The lowest BCUT2D eigenvalue weighted by atomic mass is 10.0. The Balaban J connectivity index is 2.14. The van der Waals surface area contributed by atoms with Gasteiger partial charge in [-0.15, -0.1) is 0 Å². The molecule has 0 bridgehead atoms. The van der Waals surface area contributed by atoms with E-state index in [1.54, 1.807) is 0 Å². The Labute approximate surface area is 116 Å². The highest BCUT2D eigenvalue weighted by atomic mass is 16.2. The van der Waals surface area contributed by atoms with Crippen LogP contribution < -0.4 is 27.2 Å². The molecule has 1 aliphatic heterocycles. The number of nitrogens with zero attached hydrogens (tertiary/aromatic N) is 1. The number of hydrogen-bond acceptors (Lipinski definition) is 5. The number of anilines is 3. The fraction of sp³-hybridized carbons (Fsp3) is 0.333. The molecule has 0 radical (unpaired) electrons. The summed E-state index contributed by atoms with van der Waals surface area (Å²) in [6.45, 7) is 1.15. The largest absolute Gasteiger partial charge is 0.394 e. The second kappa shape index (κ2) is 4.76. The van der Waals surface area contributed by atoms with E-state index in [0.29, 0.717) is 18.8 Å². The highest BCUT2D eigenvalue weighted by molar-refractivity contribution is 5.80. The number of fused-ring (bicyclic) bond motifs is 1. The zero-order chi connectivity index (χ0) is 14.3. The Bertz CT molecular complexity index is 729. The van der Waals surface area contributed by atoms with Crippen molar-refractivity contribution >= 4 is 17.1 Å². The van der Waals surface area contributed by atoms with Gasteiger partial charge in [0.1, 0.15) is 11.4 Å². The van der Waals surface area contributed by atoms with Crippen LogP contribution in [0, 0.1) is 0 Å². The molecule has 5 nitrogen and oxygen atoms in total. The maximum atomic E-state index is 11.8. The highest BCUT2D eigenvalue weighted by Crippen LogP contribution is 2.34. The first kappa shape index (κ1) is 12.9. The normalized spacial score (nSPS) is 15.2. The van der Waals surface area contributed by atoms with Gasteiger partial charge in [0.15, 0.2) is 0 Å². The Morgan fingerprint density at radius 2 is 1.95 bits per heavy atom. The molecule has 0 saturated carbocycles. The second-order valence-electron chi connectivity index (χ2n) is 5.20. The number of aryl methyl sites for hydroxylation is 1. The van der Waals surface area contributed by atoms with E-state index >= 15 is 0 Å². The lowest BCUT2D eigenvalue weighted by Crippen LogP contribution is -2.41. The fourth-order valence-electron chi connectivity index (χ4n) is 2.80. The summed E-state index contributed by atoms with van der Waals surface area (Å²) in [4.78, 5) is 25.0. The lowest BCUT2D eigenvalue weighted by molar-refractivity contribution is 0.759. The molecule has 104 valence electrons. The molecule has 0 saturated heterocycles. The summed E-state index contributed by atoms with van der Waals surface area (Å²) in [7, 11) is 0. The van der Waals surface area contributed by atoms with E-state index in [1.807, 2.05) is 17.0 Å². The van der Waals surface area contributed by atoms with Gasteiger partial charge >= 0.3 is 0 Å². The van der Waals surface area contributed by atoms with Gasteiger partial charge in [0.05, 0.1) is 0 Å². The summed E-state index contributed by atoms with van der Waals surface area (Å²) < 4.78 is 0. The molecule has 0 unspecified atom stereocenters. The molecule has 1 heterocycles. The average molecular weight is 271 g/mol. The van der Waals surface area contributed by atoms with Crippen molar-refractivity contribution in [1.82, 2.24) is 0 Å². The molecule has 3 rings (SSSR count). The number of nitrogen functional groups attached to an aromatic ring is 1. The van der Waals surface area contributed by atoms with Crippen LogP contribution in [-0.4, -0.2) is 6.54 Å². The number of rotatable bonds is 2. The lowest BCUT2D eigenvalue weighted by Gasteiger charge is -2.27. The van der Waals surface area contributed by atoms with E-state index in [9.17, 15) is 9.59 Å². The molecule has 5 heteroatoms. The van der Waals surface area contributed by atoms with Crippen molar-refractivity contribution in [3.05, 3.63) is 49.8 Å². The van der Waals surface area contributed by atoms with E-state index < -0.39 is 10.9 Å². The molecule has 0 fully saturated rings. The Morgan fingerprint density at radius 1 is 1.15 bits per heavy atom. The Hall–Kier alpha value is -2.14. The first-order valence-corrected chi connectivity index (χ1v) is 6.81. The third-order valence-corrected chi connectivity index (χ3v) is 3.95. The van der Waals surface area contributed by atoms with Gasteiger partial charge in [-0.25, -0.2) is 0 Å². The minimum atomic E-state index is -0.569. The average Bonchev–Trinajstić information content (AvgIpc) is 2.69. The first-order chi connectivity index (χ1) is 9.63. The van der Waals surface area contributed by atoms with Crippen molar-refractivity contribution in [2.24, 2.45) is 5.73 Å². The molecule has 0 amide bonds. The van der Waals surface area contributed by atoms with Crippen LogP contribution >= 0.6 is 0 Å². The van der Waals surface area contributed by atoms with Crippen molar-refractivity contribution in [1.29, 1.82) is 0 Å². The van der Waals surface area contributed by atoms with Gasteiger partial charge in [0.25, 0.3) is 10.9 Å². The number of benzene rings is 1. The standard InChI is InChI=1S/C15H17N3O2/c16-8-9-4-5-10-3-1-2-6-18(11(10)7-9)13-12(17)14(19)15(13)20/h4-5,7H,1-3,6,8,16-17H2. The third kappa shape index (κ3) is 1.82. The molecule has 1 aliphatic rings. The van der Waals surface area contributed by atoms with Crippen molar-refractivity contribution in [2.45, 2.75) is 25.8 Å². The molecule has 20 heavy (non-hydrogen) atoms. The second-order valence-corrected chi connectivity index (χ2v) is 5.20. The highest BCUT2D eigenvalue weighted by Gasteiger charge is 2.27. The monoisotopic (exact) mass is 271 g/mol. The smallest absolute Gasteiger partial charge is 0.253 e.